The highest BCUT2D eigenvalue weighted by Gasteiger charge is 2.13. The van der Waals surface area contributed by atoms with E-state index >= 15 is 0 Å². The number of nitrogens with zero attached hydrogens (tertiary/aromatic N) is 5. The maximum Gasteiger partial charge on any atom is 0.160 e. The summed E-state index contributed by atoms with van der Waals surface area (Å²) in [5.74, 6) is 0.684. The van der Waals surface area contributed by atoms with Crippen LogP contribution in [-0.2, 0) is 0 Å². The summed E-state index contributed by atoms with van der Waals surface area (Å²) < 4.78 is 0. The SMILES string of the molecule is Cc1ccc(-c2cc(-c3ccccc3)cc(-c3ccc(-c4ccc(-c5nc(-c6ccccc6)cc(-c6ccccc6)n5)cc4)cn3)n2)nc1. The lowest BCUT2D eigenvalue weighted by atomic mass is 10.0. The third-order valence-corrected chi connectivity index (χ3v) is 8.47. The predicted molar refractivity (Wildman–Crippen MR) is 198 cm³/mol. The highest BCUT2D eigenvalue weighted by atomic mass is 14.9. The zero-order valence-corrected chi connectivity index (χ0v) is 26.9. The molecule has 0 radical (unpaired) electrons. The first-order chi connectivity index (χ1) is 24.2. The van der Waals surface area contributed by atoms with Crippen LogP contribution in [0.2, 0.25) is 0 Å². The molecular weight excluding hydrogens is 599 g/mol. The minimum atomic E-state index is 0.684. The van der Waals surface area contributed by atoms with Crippen molar-refractivity contribution >= 4 is 0 Å². The predicted octanol–water partition coefficient (Wildman–Crippen LogP) is 10.6. The highest BCUT2D eigenvalue weighted by Crippen LogP contribution is 2.31. The molecule has 0 aliphatic rings. The third-order valence-electron chi connectivity index (χ3n) is 8.47. The molecule has 0 N–H and O–H groups in total. The van der Waals surface area contributed by atoms with Gasteiger partial charge in [0.05, 0.1) is 34.2 Å². The number of aromatic nitrogens is 5. The second-order valence-corrected chi connectivity index (χ2v) is 11.9. The summed E-state index contributed by atoms with van der Waals surface area (Å²) in [6, 6.07) is 53.6. The van der Waals surface area contributed by atoms with Gasteiger partial charge in [-0.1, -0.05) is 127 Å². The molecule has 0 fully saturated rings. The fraction of sp³-hybridized carbons (Fsp3) is 0.0227. The van der Waals surface area contributed by atoms with Crippen molar-refractivity contribution in [2.24, 2.45) is 0 Å². The van der Waals surface area contributed by atoms with Crippen LogP contribution in [0.1, 0.15) is 5.56 Å². The van der Waals surface area contributed by atoms with Crippen LogP contribution in [0.5, 0.6) is 0 Å². The average Bonchev–Trinajstić information content (AvgIpc) is 3.19. The minimum absolute atomic E-state index is 0.684. The Labute approximate surface area is 285 Å². The van der Waals surface area contributed by atoms with Gasteiger partial charge in [-0.25, -0.2) is 15.0 Å². The quantitative estimate of drug-likeness (QED) is 0.175. The van der Waals surface area contributed by atoms with Gasteiger partial charge in [0.25, 0.3) is 0 Å². The Bertz CT molecular complexity index is 2280. The smallest absolute Gasteiger partial charge is 0.160 e. The van der Waals surface area contributed by atoms with E-state index in [2.05, 4.69) is 96.0 Å². The molecule has 0 aliphatic heterocycles. The normalized spacial score (nSPS) is 11.0. The van der Waals surface area contributed by atoms with E-state index in [4.69, 9.17) is 19.9 Å². The van der Waals surface area contributed by atoms with Crippen molar-refractivity contribution in [1.82, 2.24) is 24.9 Å². The molecule has 0 bridgehead atoms. The Morgan fingerprint density at radius 1 is 0.306 bits per heavy atom. The molecule has 5 nitrogen and oxygen atoms in total. The lowest BCUT2D eigenvalue weighted by Gasteiger charge is -2.11. The van der Waals surface area contributed by atoms with Crippen molar-refractivity contribution < 1.29 is 0 Å². The molecule has 4 aromatic heterocycles. The summed E-state index contributed by atoms with van der Waals surface area (Å²) in [4.78, 5) is 24.5. The van der Waals surface area contributed by atoms with Gasteiger partial charge in [-0.2, -0.15) is 0 Å². The van der Waals surface area contributed by atoms with Gasteiger partial charge < -0.3 is 0 Å². The zero-order valence-electron chi connectivity index (χ0n) is 26.9. The molecule has 0 spiro atoms. The monoisotopic (exact) mass is 629 g/mol. The van der Waals surface area contributed by atoms with Crippen LogP contribution in [0.3, 0.4) is 0 Å². The summed E-state index contributed by atoms with van der Waals surface area (Å²) in [7, 11) is 0. The molecule has 0 saturated carbocycles. The zero-order chi connectivity index (χ0) is 33.0. The summed E-state index contributed by atoms with van der Waals surface area (Å²) in [5, 5.41) is 0. The molecule has 5 heteroatoms. The number of hydrogen-bond acceptors (Lipinski definition) is 5. The number of benzene rings is 4. The van der Waals surface area contributed by atoms with Gasteiger partial charge in [0, 0.05) is 34.6 Å². The van der Waals surface area contributed by atoms with E-state index in [1.165, 1.54) is 0 Å². The lowest BCUT2D eigenvalue weighted by molar-refractivity contribution is 1.18. The molecule has 232 valence electrons. The van der Waals surface area contributed by atoms with Gasteiger partial charge in [-0.15, -0.1) is 0 Å². The van der Waals surface area contributed by atoms with Crippen LogP contribution < -0.4 is 0 Å². The summed E-state index contributed by atoms with van der Waals surface area (Å²) >= 11 is 0. The molecular formula is C44H31N5. The van der Waals surface area contributed by atoms with Crippen molar-refractivity contribution in [2.75, 3.05) is 0 Å². The van der Waals surface area contributed by atoms with E-state index in [-0.39, 0.29) is 0 Å². The fourth-order valence-corrected chi connectivity index (χ4v) is 5.83. The van der Waals surface area contributed by atoms with Gasteiger partial charge in [-0.3, -0.25) is 9.97 Å². The first kappa shape index (κ1) is 29.8. The molecule has 0 atom stereocenters. The summed E-state index contributed by atoms with van der Waals surface area (Å²) in [6.07, 6.45) is 3.78. The van der Waals surface area contributed by atoms with Crippen LogP contribution in [-0.4, -0.2) is 24.9 Å². The van der Waals surface area contributed by atoms with Gasteiger partial charge in [0.1, 0.15) is 0 Å². The molecule has 0 amide bonds. The van der Waals surface area contributed by atoms with Crippen LogP contribution in [0.25, 0.3) is 78.9 Å². The van der Waals surface area contributed by atoms with E-state index in [1.807, 2.05) is 86.0 Å². The molecule has 8 aromatic rings. The molecule has 8 rings (SSSR count). The Morgan fingerprint density at radius 2 is 0.776 bits per heavy atom. The van der Waals surface area contributed by atoms with Gasteiger partial charge in [0.2, 0.25) is 0 Å². The largest absolute Gasteiger partial charge is 0.254 e. The number of pyridine rings is 3. The minimum Gasteiger partial charge on any atom is -0.254 e. The Balaban J connectivity index is 1.11. The number of hydrogen-bond donors (Lipinski definition) is 0. The third kappa shape index (κ3) is 6.51. The van der Waals surface area contributed by atoms with E-state index in [9.17, 15) is 0 Å². The Hall–Kier alpha value is -6.59. The average molecular weight is 630 g/mol. The van der Waals surface area contributed by atoms with Gasteiger partial charge >= 0.3 is 0 Å². The van der Waals surface area contributed by atoms with Crippen molar-refractivity contribution in [3.63, 3.8) is 0 Å². The Morgan fingerprint density at radius 3 is 1.29 bits per heavy atom. The number of rotatable bonds is 7. The lowest BCUT2D eigenvalue weighted by Crippen LogP contribution is -1.96. The molecule has 49 heavy (non-hydrogen) atoms. The summed E-state index contributed by atoms with van der Waals surface area (Å²) in [5.41, 5.74) is 13.4. The second kappa shape index (κ2) is 13.3. The standard InChI is InChI=1S/C44H31N5/c1-30-17-23-38(45-28-30)42-25-37(31-11-5-2-6-12-31)26-43(47-42)39-24-22-36(29-46-39)32-18-20-35(21-19-32)44-48-40(33-13-7-3-8-14-33)27-41(49-44)34-15-9-4-10-16-34/h2-29H,1H3. The second-order valence-electron chi connectivity index (χ2n) is 11.9. The molecule has 4 aromatic carbocycles. The Kier molecular flexibility index (Phi) is 8.06. The van der Waals surface area contributed by atoms with Crippen LogP contribution in [0.4, 0.5) is 0 Å². The van der Waals surface area contributed by atoms with Crippen LogP contribution >= 0.6 is 0 Å². The van der Waals surface area contributed by atoms with Crippen molar-refractivity contribution in [3.8, 4) is 78.9 Å². The van der Waals surface area contributed by atoms with Crippen molar-refractivity contribution in [3.05, 3.63) is 176 Å². The highest BCUT2D eigenvalue weighted by molar-refractivity contribution is 5.76. The van der Waals surface area contributed by atoms with Gasteiger partial charge in [-0.05, 0) is 59.5 Å². The fourth-order valence-electron chi connectivity index (χ4n) is 5.83. The first-order valence-electron chi connectivity index (χ1n) is 16.2. The van der Waals surface area contributed by atoms with Crippen molar-refractivity contribution in [1.29, 1.82) is 0 Å². The van der Waals surface area contributed by atoms with Gasteiger partial charge in [0.15, 0.2) is 5.82 Å². The van der Waals surface area contributed by atoms with Crippen LogP contribution in [0.15, 0.2) is 170 Å². The molecule has 0 saturated heterocycles. The van der Waals surface area contributed by atoms with E-state index in [0.717, 1.165) is 78.7 Å². The first-order valence-corrected chi connectivity index (χ1v) is 16.2. The van der Waals surface area contributed by atoms with E-state index in [0.29, 0.717) is 5.82 Å². The van der Waals surface area contributed by atoms with Crippen LogP contribution in [0, 0.1) is 6.92 Å². The topological polar surface area (TPSA) is 64.5 Å². The summed E-state index contributed by atoms with van der Waals surface area (Å²) in [6.45, 7) is 2.04. The van der Waals surface area contributed by atoms with E-state index in [1.54, 1.807) is 0 Å². The molecule has 0 unspecified atom stereocenters. The maximum atomic E-state index is 5.00. The molecule has 0 aliphatic carbocycles. The number of aryl methyl sites for hydroxylation is 1. The molecule has 4 heterocycles. The van der Waals surface area contributed by atoms with E-state index < -0.39 is 0 Å². The maximum absolute atomic E-state index is 5.00. The van der Waals surface area contributed by atoms with Crippen molar-refractivity contribution in [2.45, 2.75) is 6.92 Å².